The van der Waals surface area contributed by atoms with Gasteiger partial charge < -0.3 is 15.3 Å². The largest absolute Gasteiger partial charge is 3.00 e. The van der Waals surface area contributed by atoms with Crippen molar-refractivity contribution >= 4 is 36.2 Å². The molecule has 0 bridgehead atoms. The van der Waals surface area contributed by atoms with E-state index < -0.39 is 0 Å². The summed E-state index contributed by atoms with van der Waals surface area (Å²) in [7, 11) is 0. The van der Waals surface area contributed by atoms with E-state index in [2.05, 4.69) is 0 Å². The monoisotopic (exact) mass is 393 g/mol. The number of phenolic OH excluding ortho intramolecular Hbond substituents is 3. The maximum absolute atomic E-state index is 10.1. The molecule has 0 aliphatic heterocycles. The minimum Gasteiger partial charge on any atom is -0.507 e. The first-order valence-corrected chi connectivity index (χ1v) is 7.73. The maximum atomic E-state index is 10.1. The van der Waals surface area contributed by atoms with Crippen LogP contribution < -0.4 is 0 Å². The Hall–Kier alpha value is -3.40. The molecule has 0 aliphatic rings. The van der Waals surface area contributed by atoms with Crippen molar-refractivity contribution in [3.63, 3.8) is 0 Å². The van der Waals surface area contributed by atoms with Crippen molar-refractivity contribution < 1.29 is 29.7 Å². The number of carbonyl (C=O) groups excluding carboxylic acids is 3. The zero-order chi connectivity index (χ0) is 20.1. The molecule has 7 heteroatoms. The Morgan fingerprint density at radius 3 is 0.821 bits per heavy atom. The van der Waals surface area contributed by atoms with Crippen molar-refractivity contribution in [1.82, 2.24) is 0 Å². The Kier molecular flexibility index (Phi) is 12.1. The third kappa shape index (κ3) is 8.32. The van der Waals surface area contributed by atoms with Gasteiger partial charge in [-0.3, -0.25) is 14.4 Å². The van der Waals surface area contributed by atoms with Crippen molar-refractivity contribution in [2.45, 2.75) is 0 Å². The standard InChI is InChI=1S/3C7H6O2.Al/c3*8-5-6-3-1-2-4-7(6)9;/h3*1-5,9H;/q;;;+3. The van der Waals surface area contributed by atoms with Crippen LogP contribution >= 0.6 is 0 Å². The van der Waals surface area contributed by atoms with E-state index in [1.807, 2.05) is 0 Å². The zero-order valence-corrected chi connectivity index (χ0v) is 16.0. The number of carbonyl (C=O) groups is 3. The Balaban J connectivity index is 0.000000384. The Morgan fingerprint density at radius 1 is 0.464 bits per heavy atom. The van der Waals surface area contributed by atoms with Gasteiger partial charge in [0.05, 0.1) is 16.7 Å². The van der Waals surface area contributed by atoms with Gasteiger partial charge in [0.25, 0.3) is 0 Å². The molecule has 0 aromatic heterocycles. The minimum absolute atomic E-state index is 0. The van der Waals surface area contributed by atoms with Gasteiger partial charge in [-0.05, 0) is 36.4 Å². The van der Waals surface area contributed by atoms with Gasteiger partial charge in [-0.1, -0.05) is 36.4 Å². The third-order valence-corrected chi connectivity index (χ3v) is 3.19. The summed E-state index contributed by atoms with van der Waals surface area (Å²) in [5, 5.41) is 26.6. The van der Waals surface area contributed by atoms with Crippen LogP contribution in [0.4, 0.5) is 0 Å². The van der Waals surface area contributed by atoms with E-state index in [1.165, 1.54) is 18.2 Å². The molecule has 28 heavy (non-hydrogen) atoms. The first kappa shape index (κ1) is 24.6. The Bertz CT molecular complexity index is 778. The number of hydrogen-bond donors (Lipinski definition) is 3. The van der Waals surface area contributed by atoms with Gasteiger partial charge in [0.1, 0.15) is 17.2 Å². The van der Waals surface area contributed by atoms with E-state index in [1.54, 1.807) is 54.6 Å². The summed E-state index contributed by atoms with van der Waals surface area (Å²) >= 11 is 0. The van der Waals surface area contributed by atoms with E-state index in [-0.39, 0.29) is 34.6 Å². The van der Waals surface area contributed by atoms with Gasteiger partial charge in [-0.2, -0.15) is 0 Å². The molecule has 0 unspecified atom stereocenters. The van der Waals surface area contributed by atoms with Gasteiger partial charge in [-0.25, -0.2) is 0 Å². The van der Waals surface area contributed by atoms with Crippen molar-refractivity contribution in [2.75, 3.05) is 0 Å². The fraction of sp³-hybridized carbons (Fsp3) is 0. The van der Waals surface area contributed by atoms with Crippen molar-refractivity contribution in [3.8, 4) is 17.2 Å². The van der Waals surface area contributed by atoms with Gasteiger partial charge in [0, 0.05) is 0 Å². The molecule has 3 aromatic rings. The predicted octanol–water partition coefficient (Wildman–Crippen LogP) is 3.23. The van der Waals surface area contributed by atoms with E-state index in [4.69, 9.17) is 15.3 Å². The van der Waals surface area contributed by atoms with Crippen molar-refractivity contribution in [1.29, 1.82) is 0 Å². The van der Waals surface area contributed by atoms with Crippen LogP contribution in [0.25, 0.3) is 0 Å². The summed E-state index contributed by atoms with van der Waals surface area (Å²) in [5.74, 6) is 0.104. The molecule has 0 aliphatic carbocycles. The molecule has 0 saturated heterocycles. The summed E-state index contributed by atoms with van der Waals surface area (Å²) in [4.78, 5) is 30.2. The normalized spacial score (nSPS) is 8.57. The maximum Gasteiger partial charge on any atom is 3.00 e. The molecule has 138 valence electrons. The predicted molar refractivity (Wildman–Crippen MR) is 106 cm³/mol. The number of aldehydes is 3. The van der Waals surface area contributed by atoms with E-state index >= 15 is 0 Å². The van der Waals surface area contributed by atoms with Gasteiger partial charge in [0.2, 0.25) is 0 Å². The number of benzene rings is 3. The van der Waals surface area contributed by atoms with E-state index in [0.717, 1.165) is 0 Å². The second kappa shape index (κ2) is 13.8. The molecule has 0 fully saturated rings. The Morgan fingerprint density at radius 2 is 0.679 bits per heavy atom. The van der Waals surface area contributed by atoms with Crippen molar-refractivity contribution in [2.24, 2.45) is 0 Å². The van der Waals surface area contributed by atoms with Crippen LogP contribution in [0.3, 0.4) is 0 Å². The SMILES string of the molecule is O=Cc1ccccc1O.O=Cc1ccccc1O.O=Cc1ccccc1O.[Al+3]. The molecule has 0 atom stereocenters. The smallest absolute Gasteiger partial charge is 0.507 e. The molecule has 0 radical (unpaired) electrons. The quantitative estimate of drug-likeness (QED) is 0.465. The molecule has 0 spiro atoms. The molecular weight excluding hydrogens is 375 g/mol. The number of hydrogen-bond acceptors (Lipinski definition) is 6. The van der Waals surface area contributed by atoms with Crippen LogP contribution in [0, 0.1) is 0 Å². The first-order chi connectivity index (χ1) is 13.0. The topological polar surface area (TPSA) is 112 Å². The summed E-state index contributed by atoms with van der Waals surface area (Å²) in [6.45, 7) is 0. The zero-order valence-electron chi connectivity index (χ0n) is 14.8. The summed E-state index contributed by atoms with van der Waals surface area (Å²) < 4.78 is 0. The molecule has 6 nitrogen and oxygen atoms in total. The fourth-order valence-electron chi connectivity index (χ4n) is 1.76. The fourth-order valence-corrected chi connectivity index (χ4v) is 1.76. The summed E-state index contributed by atoms with van der Waals surface area (Å²) in [6, 6.07) is 19.2. The first-order valence-electron chi connectivity index (χ1n) is 7.73. The second-order valence-electron chi connectivity index (χ2n) is 5.03. The van der Waals surface area contributed by atoms with Crippen LogP contribution in [-0.2, 0) is 0 Å². The third-order valence-electron chi connectivity index (χ3n) is 3.19. The molecule has 3 N–H and O–H groups in total. The number of aromatic hydroxyl groups is 3. The van der Waals surface area contributed by atoms with Crippen molar-refractivity contribution in [3.05, 3.63) is 89.5 Å². The van der Waals surface area contributed by atoms with Crippen LogP contribution in [-0.4, -0.2) is 51.5 Å². The second-order valence-corrected chi connectivity index (χ2v) is 5.03. The van der Waals surface area contributed by atoms with Crippen LogP contribution in [0.15, 0.2) is 72.8 Å². The van der Waals surface area contributed by atoms with Crippen LogP contribution in [0.2, 0.25) is 0 Å². The number of para-hydroxylation sites is 3. The molecular formula is C21H18AlO6+3. The van der Waals surface area contributed by atoms with Gasteiger partial charge in [0.15, 0.2) is 18.9 Å². The van der Waals surface area contributed by atoms with Crippen LogP contribution in [0.1, 0.15) is 31.1 Å². The molecule has 0 amide bonds. The minimum atomic E-state index is 0. The summed E-state index contributed by atoms with van der Waals surface area (Å²) in [6.07, 6.45) is 1.86. The van der Waals surface area contributed by atoms with E-state index in [9.17, 15) is 14.4 Å². The molecule has 0 saturated carbocycles. The van der Waals surface area contributed by atoms with E-state index in [0.29, 0.717) is 35.5 Å². The number of rotatable bonds is 3. The molecule has 3 aromatic carbocycles. The average Bonchev–Trinajstić information content (AvgIpc) is 2.70. The van der Waals surface area contributed by atoms with Gasteiger partial charge >= 0.3 is 17.4 Å². The summed E-state index contributed by atoms with van der Waals surface area (Å²) in [5.41, 5.74) is 0.993. The molecule has 0 heterocycles. The average molecular weight is 393 g/mol. The van der Waals surface area contributed by atoms with Gasteiger partial charge in [-0.15, -0.1) is 0 Å². The number of phenols is 3. The molecule has 3 rings (SSSR count). The Labute approximate surface area is 172 Å². The van der Waals surface area contributed by atoms with Crippen LogP contribution in [0.5, 0.6) is 17.2 Å².